The van der Waals surface area contributed by atoms with Crippen molar-refractivity contribution in [1.29, 1.82) is 0 Å². The molecular formula is C18H21NO6. The SMILES string of the molecule is O=C1C2CCCCC2C(=O)N1CC(O)COc1ccc2c(c1)OCO2. The number of hydrogen-bond acceptors (Lipinski definition) is 6. The molecule has 1 aliphatic carbocycles. The summed E-state index contributed by atoms with van der Waals surface area (Å²) in [5.41, 5.74) is 0. The first-order chi connectivity index (χ1) is 12.1. The van der Waals surface area contributed by atoms with E-state index < -0.39 is 6.10 Å². The molecule has 7 nitrogen and oxygen atoms in total. The minimum Gasteiger partial charge on any atom is -0.491 e. The molecule has 2 fully saturated rings. The Kier molecular flexibility index (Phi) is 4.25. The number of amides is 2. The Morgan fingerprint density at radius 2 is 1.80 bits per heavy atom. The maximum Gasteiger partial charge on any atom is 0.233 e. The van der Waals surface area contributed by atoms with Gasteiger partial charge < -0.3 is 19.3 Å². The van der Waals surface area contributed by atoms with Gasteiger partial charge >= 0.3 is 0 Å². The number of hydrogen-bond donors (Lipinski definition) is 1. The van der Waals surface area contributed by atoms with Gasteiger partial charge in [0.25, 0.3) is 0 Å². The minimum absolute atomic E-state index is 0.00790. The van der Waals surface area contributed by atoms with Crippen molar-refractivity contribution in [3.63, 3.8) is 0 Å². The molecule has 1 N–H and O–H groups in total. The molecule has 3 aliphatic rings. The van der Waals surface area contributed by atoms with Crippen LogP contribution in [0.5, 0.6) is 17.2 Å². The van der Waals surface area contributed by atoms with Crippen molar-refractivity contribution in [2.75, 3.05) is 19.9 Å². The van der Waals surface area contributed by atoms with Crippen molar-refractivity contribution in [3.8, 4) is 17.2 Å². The monoisotopic (exact) mass is 347 g/mol. The zero-order valence-corrected chi connectivity index (χ0v) is 13.8. The predicted octanol–water partition coefficient (Wildman–Crippen LogP) is 1.33. The zero-order valence-electron chi connectivity index (χ0n) is 13.8. The van der Waals surface area contributed by atoms with Crippen LogP contribution in [0.2, 0.25) is 0 Å². The van der Waals surface area contributed by atoms with E-state index in [0.717, 1.165) is 25.7 Å². The summed E-state index contributed by atoms with van der Waals surface area (Å²) in [5, 5.41) is 10.2. The van der Waals surface area contributed by atoms with Gasteiger partial charge in [-0.25, -0.2) is 0 Å². The average Bonchev–Trinajstić information content (AvgIpc) is 3.19. The van der Waals surface area contributed by atoms with Gasteiger partial charge in [-0.1, -0.05) is 12.8 Å². The number of β-amino-alcohol motifs (C(OH)–C–C–N with tert-alkyl or cyclic N) is 1. The topological polar surface area (TPSA) is 85.3 Å². The number of carbonyl (C=O) groups excluding carboxylic acids is 2. The molecule has 1 aromatic rings. The minimum atomic E-state index is -0.932. The molecule has 134 valence electrons. The Bertz CT molecular complexity index is 666. The molecule has 25 heavy (non-hydrogen) atoms. The summed E-state index contributed by atoms with van der Waals surface area (Å²) in [5.74, 6) is 1.13. The van der Waals surface area contributed by atoms with Gasteiger partial charge in [0.15, 0.2) is 11.5 Å². The molecule has 0 bridgehead atoms. The van der Waals surface area contributed by atoms with Crippen molar-refractivity contribution < 1.29 is 28.9 Å². The summed E-state index contributed by atoms with van der Waals surface area (Å²) in [6.07, 6.45) is 2.59. The first-order valence-electron chi connectivity index (χ1n) is 8.69. The number of aliphatic hydroxyl groups excluding tert-OH is 1. The number of benzene rings is 1. The fourth-order valence-corrected chi connectivity index (χ4v) is 3.83. The van der Waals surface area contributed by atoms with Gasteiger partial charge in [0.2, 0.25) is 18.6 Å². The molecule has 0 radical (unpaired) electrons. The average molecular weight is 347 g/mol. The number of aliphatic hydroxyl groups is 1. The number of fused-ring (bicyclic) bond motifs is 2. The molecule has 2 aliphatic heterocycles. The summed E-state index contributed by atoms with van der Waals surface area (Å²) in [6, 6.07) is 5.15. The Balaban J connectivity index is 1.33. The summed E-state index contributed by atoms with van der Waals surface area (Å²) in [7, 11) is 0. The van der Waals surface area contributed by atoms with E-state index >= 15 is 0 Å². The second-order valence-corrected chi connectivity index (χ2v) is 6.76. The van der Waals surface area contributed by atoms with Crippen LogP contribution in [0.4, 0.5) is 0 Å². The standard InChI is InChI=1S/C18H21NO6/c20-11(9-23-12-5-6-15-16(7-12)25-10-24-15)8-19-17(21)13-3-1-2-4-14(13)18(19)22/h5-7,11,13-14,20H,1-4,8-10H2. The molecule has 2 heterocycles. The third kappa shape index (κ3) is 3.04. The summed E-state index contributed by atoms with van der Waals surface area (Å²) < 4.78 is 16.1. The second-order valence-electron chi connectivity index (χ2n) is 6.76. The lowest BCUT2D eigenvalue weighted by Crippen LogP contribution is -2.40. The smallest absolute Gasteiger partial charge is 0.233 e. The van der Waals surface area contributed by atoms with E-state index in [9.17, 15) is 14.7 Å². The van der Waals surface area contributed by atoms with Gasteiger partial charge in [0.1, 0.15) is 18.5 Å². The number of nitrogens with zero attached hydrogens (tertiary/aromatic N) is 1. The Morgan fingerprint density at radius 3 is 2.52 bits per heavy atom. The van der Waals surface area contributed by atoms with E-state index in [4.69, 9.17) is 14.2 Å². The number of rotatable bonds is 5. The lowest BCUT2D eigenvalue weighted by atomic mass is 9.81. The highest BCUT2D eigenvalue weighted by atomic mass is 16.7. The molecule has 1 saturated carbocycles. The Hall–Kier alpha value is -2.28. The quantitative estimate of drug-likeness (QED) is 0.809. The normalized spacial score (nSPS) is 25.9. The van der Waals surface area contributed by atoms with Crippen LogP contribution in [0.3, 0.4) is 0 Å². The third-order valence-electron chi connectivity index (χ3n) is 5.11. The molecule has 0 aromatic heterocycles. The van der Waals surface area contributed by atoms with Crippen LogP contribution in [-0.4, -0.2) is 47.9 Å². The molecule has 4 rings (SSSR count). The van der Waals surface area contributed by atoms with Crippen LogP contribution >= 0.6 is 0 Å². The fraction of sp³-hybridized carbons (Fsp3) is 0.556. The van der Waals surface area contributed by atoms with Crippen LogP contribution in [0.25, 0.3) is 0 Å². The lowest BCUT2D eigenvalue weighted by Gasteiger charge is -2.19. The van der Waals surface area contributed by atoms with Gasteiger partial charge in [-0.3, -0.25) is 14.5 Å². The molecule has 0 spiro atoms. The van der Waals surface area contributed by atoms with Crippen molar-refractivity contribution in [3.05, 3.63) is 18.2 Å². The van der Waals surface area contributed by atoms with Gasteiger partial charge in [0.05, 0.1) is 18.4 Å². The third-order valence-corrected chi connectivity index (χ3v) is 5.11. The molecule has 3 atom stereocenters. The van der Waals surface area contributed by atoms with E-state index in [1.807, 2.05) is 0 Å². The van der Waals surface area contributed by atoms with E-state index in [1.165, 1.54) is 4.90 Å². The molecule has 3 unspecified atom stereocenters. The van der Waals surface area contributed by atoms with Gasteiger partial charge in [-0.15, -0.1) is 0 Å². The van der Waals surface area contributed by atoms with E-state index in [0.29, 0.717) is 17.2 Å². The maximum absolute atomic E-state index is 12.4. The highest BCUT2D eigenvalue weighted by Crippen LogP contribution is 2.38. The zero-order chi connectivity index (χ0) is 17.4. The number of likely N-dealkylation sites (tertiary alicyclic amines) is 1. The summed E-state index contributed by atoms with van der Waals surface area (Å²) in [4.78, 5) is 26.0. The van der Waals surface area contributed by atoms with Gasteiger partial charge in [-0.2, -0.15) is 0 Å². The number of imide groups is 1. The fourth-order valence-electron chi connectivity index (χ4n) is 3.83. The van der Waals surface area contributed by atoms with Gasteiger partial charge in [-0.05, 0) is 25.0 Å². The highest BCUT2D eigenvalue weighted by Gasteiger charge is 2.48. The summed E-state index contributed by atoms with van der Waals surface area (Å²) >= 11 is 0. The van der Waals surface area contributed by atoms with Crippen LogP contribution in [-0.2, 0) is 9.59 Å². The van der Waals surface area contributed by atoms with Crippen LogP contribution < -0.4 is 14.2 Å². The first-order valence-corrected chi connectivity index (χ1v) is 8.69. The van der Waals surface area contributed by atoms with Crippen molar-refractivity contribution in [2.24, 2.45) is 11.8 Å². The van der Waals surface area contributed by atoms with Crippen molar-refractivity contribution in [2.45, 2.75) is 31.8 Å². The Morgan fingerprint density at radius 1 is 1.12 bits per heavy atom. The predicted molar refractivity (Wildman–Crippen MR) is 86.2 cm³/mol. The van der Waals surface area contributed by atoms with Crippen LogP contribution in [0.1, 0.15) is 25.7 Å². The molecule has 1 aromatic carbocycles. The first kappa shape index (κ1) is 16.2. The van der Waals surface area contributed by atoms with E-state index in [1.54, 1.807) is 18.2 Å². The van der Waals surface area contributed by atoms with Crippen LogP contribution in [0, 0.1) is 11.8 Å². The largest absolute Gasteiger partial charge is 0.491 e. The highest BCUT2D eigenvalue weighted by molar-refractivity contribution is 6.05. The summed E-state index contributed by atoms with van der Waals surface area (Å²) in [6.45, 7) is 0.157. The molecular weight excluding hydrogens is 326 g/mol. The maximum atomic E-state index is 12.4. The van der Waals surface area contributed by atoms with Crippen molar-refractivity contribution >= 4 is 11.8 Å². The van der Waals surface area contributed by atoms with Crippen LogP contribution in [0.15, 0.2) is 18.2 Å². The lowest BCUT2D eigenvalue weighted by molar-refractivity contribution is -0.141. The Labute approximate surface area is 145 Å². The molecule has 7 heteroatoms. The molecule has 2 amide bonds. The van der Waals surface area contributed by atoms with Gasteiger partial charge in [0, 0.05) is 6.07 Å². The number of carbonyl (C=O) groups is 2. The number of ether oxygens (including phenoxy) is 3. The molecule has 1 saturated heterocycles. The van der Waals surface area contributed by atoms with E-state index in [-0.39, 0.29) is 43.6 Å². The van der Waals surface area contributed by atoms with E-state index in [2.05, 4.69) is 0 Å². The van der Waals surface area contributed by atoms with Crippen molar-refractivity contribution in [1.82, 2.24) is 4.90 Å². The second kappa shape index (κ2) is 6.55.